The number of rotatable bonds is 0. The second kappa shape index (κ2) is 2.48. The molecule has 2 heterocycles. The van der Waals surface area contributed by atoms with Crippen molar-refractivity contribution < 1.29 is 0 Å². The second-order valence-electron chi connectivity index (χ2n) is 3.27. The van der Waals surface area contributed by atoms with Gasteiger partial charge in [-0.2, -0.15) is 0 Å². The van der Waals surface area contributed by atoms with E-state index >= 15 is 0 Å². The van der Waals surface area contributed by atoms with Crippen LogP contribution in [0.4, 0.5) is 0 Å². The Bertz CT molecular complexity index is 663. The third-order valence-electron chi connectivity index (χ3n) is 2.37. The molecule has 3 aromatic rings. The molecule has 1 N–H and O–H groups in total. The van der Waals surface area contributed by atoms with Gasteiger partial charge < -0.3 is 0 Å². The summed E-state index contributed by atoms with van der Waals surface area (Å²) in [6.45, 7) is 0. The van der Waals surface area contributed by atoms with Crippen LogP contribution in [0.3, 0.4) is 0 Å². The fourth-order valence-corrected chi connectivity index (χ4v) is 1.74. The van der Waals surface area contributed by atoms with Gasteiger partial charge in [0.25, 0.3) is 5.56 Å². The summed E-state index contributed by atoms with van der Waals surface area (Å²) >= 11 is 0. The number of nitrogens with zero attached hydrogens (tertiary/aromatic N) is 1. The zero-order valence-corrected chi connectivity index (χ0v) is 7.40. The highest BCUT2D eigenvalue weighted by molar-refractivity contribution is 5.81. The molecule has 68 valence electrons. The third-order valence-corrected chi connectivity index (χ3v) is 2.37. The van der Waals surface area contributed by atoms with E-state index < -0.39 is 0 Å². The lowest BCUT2D eigenvalue weighted by Gasteiger charge is -2.00. The maximum atomic E-state index is 11.2. The van der Waals surface area contributed by atoms with Crippen LogP contribution in [-0.2, 0) is 0 Å². The van der Waals surface area contributed by atoms with Crippen LogP contribution in [0.2, 0.25) is 0 Å². The van der Waals surface area contributed by atoms with Crippen molar-refractivity contribution in [3.8, 4) is 0 Å². The number of hydrogen-bond acceptors (Lipinski definition) is 1. The first-order chi connectivity index (χ1) is 6.84. The lowest BCUT2D eigenvalue weighted by atomic mass is 10.2. The fourth-order valence-electron chi connectivity index (χ4n) is 1.74. The van der Waals surface area contributed by atoms with Gasteiger partial charge in [0.05, 0.1) is 11.0 Å². The zero-order chi connectivity index (χ0) is 9.54. The van der Waals surface area contributed by atoms with Crippen molar-refractivity contribution in [1.29, 1.82) is 0 Å². The van der Waals surface area contributed by atoms with E-state index in [1.165, 1.54) is 0 Å². The van der Waals surface area contributed by atoms with Crippen LogP contribution < -0.4 is 5.56 Å². The highest BCUT2D eigenvalue weighted by Gasteiger charge is 1.99. The smallest absolute Gasteiger partial charge is 0.264 e. The van der Waals surface area contributed by atoms with E-state index in [9.17, 15) is 4.79 Å². The molecule has 3 heteroatoms. The number of hydrogen-bond donors (Lipinski definition) is 1. The second-order valence-corrected chi connectivity index (χ2v) is 3.27. The summed E-state index contributed by atoms with van der Waals surface area (Å²) in [5, 5.41) is 3.88. The van der Waals surface area contributed by atoms with Gasteiger partial charge in [-0.15, -0.1) is 0 Å². The topological polar surface area (TPSA) is 37.3 Å². The average Bonchev–Trinajstić information content (AvgIpc) is 2.59. The highest BCUT2D eigenvalue weighted by Crippen LogP contribution is 2.14. The molecule has 0 saturated heterocycles. The Morgan fingerprint density at radius 2 is 1.93 bits per heavy atom. The van der Waals surface area contributed by atoms with E-state index in [0.29, 0.717) is 0 Å². The summed E-state index contributed by atoms with van der Waals surface area (Å²) in [5.74, 6) is 0. The fraction of sp³-hybridized carbons (Fsp3) is 0. The Morgan fingerprint density at radius 3 is 2.86 bits per heavy atom. The molecule has 0 aliphatic carbocycles. The Morgan fingerprint density at radius 1 is 1.07 bits per heavy atom. The molecule has 0 saturated carbocycles. The van der Waals surface area contributed by atoms with Crippen molar-refractivity contribution in [2.24, 2.45) is 0 Å². The minimum Gasteiger partial charge on any atom is -0.268 e. The molecule has 2 aromatic heterocycles. The van der Waals surface area contributed by atoms with E-state index in [4.69, 9.17) is 0 Å². The van der Waals surface area contributed by atoms with E-state index in [0.717, 1.165) is 16.4 Å². The number of para-hydroxylation sites is 1. The minimum atomic E-state index is -0.0682. The normalized spacial score (nSPS) is 11.1. The first-order valence-corrected chi connectivity index (χ1v) is 4.44. The Kier molecular flexibility index (Phi) is 1.31. The largest absolute Gasteiger partial charge is 0.268 e. The molecule has 0 spiro atoms. The summed E-state index contributed by atoms with van der Waals surface area (Å²) < 4.78 is 1.80. The molecule has 0 atom stereocenters. The number of aromatic nitrogens is 2. The monoisotopic (exact) mass is 184 g/mol. The average molecular weight is 184 g/mol. The van der Waals surface area contributed by atoms with E-state index in [1.807, 2.05) is 36.4 Å². The Labute approximate surface area is 79.6 Å². The summed E-state index contributed by atoms with van der Waals surface area (Å²) in [4.78, 5) is 11.2. The van der Waals surface area contributed by atoms with Gasteiger partial charge >= 0.3 is 0 Å². The summed E-state index contributed by atoms with van der Waals surface area (Å²) in [5.41, 5.74) is 1.85. The summed E-state index contributed by atoms with van der Waals surface area (Å²) in [6.07, 6.45) is 0. The van der Waals surface area contributed by atoms with Crippen LogP contribution in [0, 0.1) is 0 Å². The van der Waals surface area contributed by atoms with Crippen LogP contribution in [0.5, 0.6) is 0 Å². The lowest BCUT2D eigenvalue weighted by molar-refractivity contribution is 0.977. The number of fused-ring (bicyclic) bond motifs is 3. The molecule has 14 heavy (non-hydrogen) atoms. The Balaban J connectivity index is 2.66. The first-order valence-electron chi connectivity index (χ1n) is 4.44. The van der Waals surface area contributed by atoms with Gasteiger partial charge in [-0.25, -0.2) is 0 Å². The van der Waals surface area contributed by atoms with Gasteiger partial charge in [0, 0.05) is 11.5 Å². The van der Waals surface area contributed by atoms with E-state index in [1.54, 1.807) is 10.6 Å². The van der Waals surface area contributed by atoms with Crippen molar-refractivity contribution in [1.82, 2.24) is 9.61 Å². The van der Waals surface area contributed by atoms with Crippen LogP contribution in [0.1, 0.15) is 0 Å². The van der Waals surface area contributed by atoms with Crippen molar-refractivity contribution in [2.45, 2.75) is 0 Å². The molecule has 0 unspecified atom stereocenters. The highest BCUT2D eigenvalue weighted by atomic mass is 16.1. The Hall–Kier alpha value is -2.03. The molecule has 0 bridgehead atoms. The molecule has 3 nitrogen and oxygen atoms in total. The van der Waals surface area contributed by atoms with Crippen LogP contribution >= 0.6 is 0 Å². The molecule has 3 rings (SSSR count). The molecule has 0 aliphatic rings. The quantitative estimate of drug-likeness (QED) is 0.568. The predicted octanol–water partition coefficient (Wildman–Crippen LogP) is 1.78. The number of benzene rings is 1. The van der Waals surface area contributed by atoms with Crippen LogP contribution in [0.25, 0.3) is 16.4 Å². The SMILES string of the molecule is O=c1cc2ccc3ccccc3n2[nH]1. The van der Waals surface area contributed by atoms with Gasteiger partial charge in [0.2, 0.25) is 0 Å². The third kappa shape index (κ3) is 0.893. The summed E-state index contributed by atoms with van der Waals surface area (Å²) in [6, 6.07) is 13.5. The number of nitrogens with one attached hydrogen (secondary N) is 1. The molecular weight excluding hydrogens is 176 g/mol. The maximum Gasteiger partial charge on any atom is 0.264 e. The standard InChI is InChI=1S/C11H8N2O/c14-11-7-9-6-5-8-3-1-2-4-10(8)13(9)12-11/h1-7H,(H,12,14). The number of H-pyrrole nitrogens is 1. The van der Waals surface area contributed by atoms with Gasteiger partial charge in [-0.1, -0.05) is 24.3 Å². The van der Waals surface area contributed by atoms with Gasteiger partial charge in [0.1, 0.15) is 0 Å². The molecule has 0 fully saturated rings. The van der Waals surface area contributed by atoms with Crippen LogP contribution in [0.15, 0.2) is 47.3 Å². The molecular formula is C11H8N2O. The van der Waals surface area contributed by atoms with Gasteiger partial charge in [0.15, 0.2) is 0 Å². The number of aromatic amines is 1. The van der Waals surface area contributed by atoms with Crippen molar-refractivity contribution in [3.63, 3.8) is 0 Å². The lowest BCUT2D eigenvalue weighted by Crippen LogP contribution is -1.98. The molecule has 0 amide bonds. The first kappa shape index (κ1) is 7.38. The summed E-state index contributed by atoms with van der Waals surface area (Å²) in [7, 11) is 0. The molecule has 0 aliphatic heterocycles. The van der Waals surface area contributed by atoms with Crippen molar-refractivity contribution in [2.75, 3.05) is 0 Å². The van der Waals surface area contributed by atoms with E-state index in [2.05, 4.69) is 5.10 Å². The van der Waals surface area contributed by atoms with Crippen LogP contribution in [-0.4, -0.2) is 9.61 Å². The maximum absolute atomic E-state index is 11.2. The van der Waals surface area contributed by atoms with Gasteiger partial charge in [-0.05, 0) is 12.1 Å². The molecule has 1 aromatic carbocycles. The van der Waals surface area contributed by atoms with Crippen molar-refractivity contribution >= 4 is 16.4 Å². The zero-order valence-electron chi connectivity index (χ0n) is 7.40. The predicted molar refractivity (Wildman–Crippen MR) is 55.5 cm³/mol. The van der Waals surface area contributed by atoms with Crippen molar-refractivity contribution in [3.05, 3.63) is 52.8 Å². The molecule has 0 radical (unpaired) electrons. The number of pyridine rings is 1. The van der Waals surface area contributed by atoms with E-state index in [-0.39, 0.29) is 5.56 Å². The van der Waals surface area contributed by atoms with Gasteiger partial charge in [-0.3, -0.25) is 14.4 Å². The minimum absolute atomic E-state index is 0.0682.